The molecule has 6 heteroatoms. The highest BCUT2D eigenvalue weighted by Gasteiger charge is 2.23. The third kappa shape index (κ3) is 7.41. The topological polar surface area (TPSA) is 71.0 Å². The summed E-state index contributed by atoms with van der Waals surface area (Å²) < 4.78 is 5.34. The van der Waals surface area contributed by atoms with Crippen LogP contribution in [-0.4, -0.2) is 42.8 Å². The summed E-state index contributed by atoms with van der Waals surface area (Å²) in [6.45, 7) is 4.64. The number of piperidine rings is 1. The lowest BCUT2D eigenvalue weighted by molar-refractivity contribution is -0.145. The first-order valence-electron chi connectivity index (χ1n) is 13.1. The summed E-state index contributed by atoms with van der Waals surface area (Å²) in [5.74, 6) is 0.0444. The van der Waals surface area contributed by atoms with Gasteiger partial charge in [-0.15, -0.1) is 0 Å². The average Bonchev–Trinajstić information content (AvgIpc) is 2.88. The Labute approximate surface area is 208 Å². The Morgan fingerprint density at radius 1 is 1.09 bits per heavy atom. The van der Waals surface area contributed by atoms with E-state index in [0.717, 1.165) is 56.4 Å². The van der Waals surface area contributed by atoms with Crippen LogP contribution in [0.4, 0.5) is 5.69 Å². The molecule has 0 bridgehead atoms. The number of unbranched alkanes of at least 4 members (excludes halogenated alkanes) is 1. The number of fused-ring (bicyclic) bond motifs is 1. The molecule has 1 saturated heterocycles. The van der Waals surface area contributed by atoms with E-state index in [1.54, 1.807) is 0 Å². The first kappa shape index (κ1) is 25.0. The number of benzene rings is 2. The molecule has 1 aliphatic heterocycles. The number of nitrogens with zero attached hydrogens (tertiary/aromatic N) is 2. The summed E-state index contributed by atoms with van der Waals surface area (Å²) in [6.07, 6.45) is 10.7. The average molecular weight is 476 g/mol. The molecule has 6 nitrogen and oxygen atoms in total. The molecule has 4 rings (SSSR count). The number of rotatable bonds is 9. The highest BCUT2D eigenvalue weighted by Crippen LogP contribution is 2.29. The number of esters is 1. The maximum atomic E-state index is 12.9. The number of hydrazone groups is 1. The molecule has 0 radical (unpaired) electrons. The largest absolute Gasteiger partial charge is 0.466 e. The van der Waals surface area contributed by atoms with Gasteiger partial charge in [0, 0.05) is 30.8 Å². The van der Waals surface area contributed by atoms with Crippen LogP contribution in [0.5, 0.6) is 0 Å². The van der Waals surface area contributed by atoms with Crippen molar-refractivity contribution in [1.29, 1.82) is 0 Å². The van der Waals surface area contributed by atoms with Gasteiger partial charge in [0.05, 0.1) is 12.8 Å². The molecule has 1 N–H and O–H groups in total. The van der Waals surface area contributed by atoms with E-state index in [4.69, 9.17) is 4.74 Å². The molecule has 1 heterocycles. The maximum absolute atomic E-state index is 12.9. The fourth-order valence-electron chi connectivity index (χ4n) is 4.77. The number of nitrogens with one attached hydrogen (secondary N) is 1. The molecule has 2 aromatic carbocycles. The van der Waals surface area contributed by atoms with Gasteiger partial charge in [0.2, 0.25) is 0 Å². The first-order valence-corrected chi connectivity index (χ1v) is 13.1. The van der Waals surface area contributed by atoms with Crippen molar-refractivity contribution in [1.82, 2.24) is 5.01 Å². The van der Waals surface area contributed by atoms with E-state index >= 15 is 0 Å². The van der Waals surface area contributed by atoms with Crippen molar-refractivity contribution in [3.8, 4) is 0 Å². The minimum absolute atomic E-state index is 0.106. The lowest BCUT2D eigenvalue weighted by atomic mass is 9.81. The fraction of sp³-hybridized carbons (Fsp3) is 0.483. The van der Waals surface area contributed by atoms with Crippen LogP contribution in [0.15, 0.2) is 47.6 Å². The second-order valence-corrected chi connectivity index (χ2v) is 9.71. The highest BCUT2D eigenvalue weighted by atomic mass is 16.5. The van der Waals surface area contributed by atoms with Gasteiger partial charge < -0.3 is 10.1 Å². The molecule has 1 atom stereocenters. The Bertz CT molecular complexity index is 1030. The zero-order valence-electron chi connectivity index (χ0n) is 20.8. The van der Waals surface area contributed by atoms with Crippen LogP contribution in [0.25, 0.3) is 0 Å². The predicted molar refractivity (Wildman–Crippen MR) is 140 cm³/mol. The number of aryl methyl sites for hydroxylation is 1. The van der Waals surface area contributed by atoms with Gasteiger partial charge in [0.15, 0.2) is 0 Å². The SMILES string of the molecule is CCCCOC(=O)CC1CCc2ccc(C(=O)Nc3ccc(C=NN4CCCCC4)cc3)cc2C1. The molecular weight excluding hydrogens is 438 g/mol. The monoisotopic (exact) mass is 475 g/mol. The number of ether oxygens (including phenoxy) is 1. The summed E-state index contributed by atoms with van der Waals surface area (Å²) in [7, 11) is 0. The van der Waals surface area contributed by atoms with Crippen molar-refractivity contribution in [3.63, 3.8) is 0 Å². The predicted octanol–water partition coefficient (Wildman–Crippen LogP) is 5.60. The van der Waals surface area contributed by atoms with Gasteiger partial charge in [-0.1, -0.05) is 31.5 Å². The molecular formula is C29H37N3O3. The van der Waals surface area contributed by atoms with Crippen molar-refractivity contribution < 1.29 is 14.3 Å². The van der Waals surface area contributed by atoms with Crippen molar-refractivity contribution in [3.05, 3.63) is 64.7 Å². The molecule has 2 aliphatic rings. The zero-order chi connectivity index (χ0) is 24.5. The molecule has 1 amide bonds. The van der Waals surface area contributed by atoms with Crippen molar-refractivity contribution in [2.24, 2.45) is 11.0 Å². The Hall–Kier alpha value is -3.15. The molecule has 35 heavy (non-hydrogen) atoms. The van der Waals surface area contributed by atoms with Crippen LogP contribution in [0.2, 0.25) is 0 Å². The Morgan fingerprint density at radius 3 is 2.66 bits per heavy atom. The molecule has 0 aromatic heterocycles. The molecule has 0 spiro atoms. The molecule has 2 aromatic rings. The zero-order valence-corrected chi connectivity index (χ0v) is 20.8. The minimum Gasteiger partial charge on any atom is -0.466 e. The standard InChI is InChI=1S/C29H37N3O3/c1-2-3-17-35-28(33)19-23-7-10-24-11-12-25(20-26(24)18-23)29(34)31-27-13-8-22(9-14-27)21-30-32-15-5-4-6-16-32/h8-9,11-14,20-21,23H,2-7,10,15-19H2,1H3,(H,31,34). The first-order chi connectivity index (χ1) is 17.1. The van der Waals surface area contributed by atoms with Crippen LogP contribution in [-0.2, 0) is 22.4 Å². The summed E-state index contributed by atoms with van der Waals surface area (Å²) in [5.41, 5.74) is 4.86. The molecule has 1 unspecified atom stereocenters. The lowest BCUT2D eigenvalue weighted by Gasteiger charge is -2.24. The third-order valence-electron chi connectivity index (χ3n) is 6.89. The van der Waals surface area contributed by atoms with Gasteiger partial charge in [-0.2, -0.15) is 5.10 Å². The Kier molecular flexibility index (Phi) is 8.93. The van der Waals surface area contributed by atoms with E-state index in [-0.39, 0.29) is 17.8 Å². The van der Waals surface area contributed by atoms with Crippen LogP contribution in [0, 0.1) is 5.92 Å². The van der Waals surface area contributed by atoms with Crippen LogP contribution in [0.1, 0.15) is 78.9 Å². The highest BCUT2D eigenvalue weighted by molar-refractivity contribution is 6.04. The van der Waals surface area contributed by atoms with E-state index in [1.807, 2.05) is 42.6 Å². The van der Waals surface area contributed by atoms with Gasteiger partial charge >= 0.3 is 5.97 Å². The summed E-state index contributed by atoms with van der Waals surface area (Å²) >= 11 is 0. The van der Waals surface area contributed by atoms with Crippen molar-refractivity contribution >= 4 is 23.8 Å². The van der Waals surface area contributed by atoms with E-state index in [2.05, 4.69) is 28.4 Å². The maximum Gasteiger partial charge on any atom is 0.306 e. The van der Waals surface area contributed by atoms with Gasteiger partial charge in [-0.3, -0.25) is 14.6 Å². The Morgan fingerprint density at radius 2 is 1.89 bits per heavy atom. The van der Waals surface area contributed by atoms with E-state index in [1.165, 1.54) is 30.4 Å². The van der Waals surface area contributed by atoms with E-state index in [9.17, 15) is 9.59 Å². The molecule has 186 valence electrons. The van der Waals surface area contributed by atoms with Crippen molar-refractivity contribution in [2.45, 2.75) is 64.7 Å². The summed E-state index contributed by atoms with van der Waals surface area (Å²) in [4.78, 5) is 25.0. The summed E-state index contributed by atoms with van der Waals surface area (Å²) in [6, 6.07) is 13.7. The lowest BCUT2D eigenvalue weighted by Crippen LogP contribution is -2.24. The van der Waals surface area contributed by atoms with Gasteiger partial charge in [0.1, 0.15) is 0 Å². The quantitative estimate of drug-likeness (QED) is 0.291. The fourth-order valence-corrected chi connectivity index (χ4v) is 4.77. The number of carbonyl (C=O) groups excluding carboxylic acids is 2. The van der Waals surface area contributed by atoms with Gasteiger partial charge in [-0.05, 0) is 91.8 Å². The number of hydrogen-bond acceptors (Lipinski definition) is 5. The second kappa shape index (κ2) is 12.5. The van der Waals surface area contributed by atoms with Crippen LogP contribution < -0.4 is 5.32 Å². The second-order valence-electron chi connectivity index (χ2n) is 9.71. The normalized spacial score (nSPS) is 17.7. The Balaban J connectivity index is 1.31. The third-order valence-corrected chi connectivity index (χ3v) is 6.89. The molecule has 1 aliphatic carbocycles. The summed E-state index contributed by atoms with van der Waals surface area (Å²) in [5, 5.41) is 9.69. The van der Waals surface area contributed by atoms with E-state index in [0.29, 0.717) is 18.6 Å². The van der Waals surface area contributed by atoms with Crippen LogP contribution in [0.3, 0.4) is 0 Å². The van der Waals surface area contributed by atoms with Gasteiger partial charge in [-0.25, -0.2) is 0 Å². The number of carbonyl (C=O) groups is 2. The van der Waals surface area contributed by atoms with Crippen molar-refractivity contribution in [2.75, 3.05) is 25.0 Å². The smallest absolute Gasteiger partial charge is 0.306 e. The van der Waals surface area contributed by atoms with Gasteiger partial charge in [0.25, 0.3) is 5.91 Å². The van der Waals surface area contributed by atoms with E-state index < -0.39 is 0 Å². The minimum atomic E-state index is -0.122. The number of anilines is 1. The van der Waals surface area contributed by atoms with Crippen LogP contribution >= 0.6 is 0 Å². The molecule has 0 saturated carbocycles. The molecule has 1 fully saturated rings. The number of amides is 1. The number of hydrogen-bond donors (Lipinski definition) is 1.